The lowest BCUT2D eigenvalue weighted by molar-refractivity contribution is -0.114. The minimum atomic E-state index is -0.0762. The largest absolute Gasteiger partial charge is 0.393 e. The molecule has 3 saturated carbocycles. The zero-order valence-corrected chi connectivity index (χ0v) is 12.8. The van der Waals surface area contributed by atoms with Gasteiger partial charge in [-0.25, -0.2) is 0 Å². The van der Waals surface area contributed by atoms with Gasteiger partial charge in [0.2, 0.25) is 0 Å². The van der Waals surface area contributed by atoms with E-state index in [0.29, 0.717) is 23.5 Å². The van der Waals surface area contributed by atoms with Gasteiger partial charge in [-0.05, 0) is 79.4 Å². The van der Waals surface area contributed by atoms with Crippen LogP contribution in [-0.4, -0.2) is 17.0 Å². The van der Waals surface area contributed by atoms with Crippen molar-refractivity contribution in [2.24, 2.45) is 22.7 Å². The zero-order valence-electron chi connectivity index (χ0n) is 12.8. The Morgan fingerprint density at radius 3 is 2.95 bits per heavy atom. The monoisotopic (exact) mass is 284 g/mol. The first-order valence-electron chi connectivity index (χ1n) is 8.70. The van der Waals surface area contributed by atoms with Crippen LogP contribution in [0, 0.1) is 22.7 Å². The number of aliphatic hydroxyl groups is 1. The van der Waals surface area contributed by atoms with Crippen LogP contribution in [0.5, 0.6) is 0 Å². The first kappa shape index (κ1) is 12.6. The summed E-state index contributed by atoms with van der Waals surface area (Å²) in [6, 6.07) is 0. The number of fused-ring (bicyclic) bond motifs is 2. The first-order valence-corrected chi connectivity index (χ1v) is 8.70. The van der Waals surface area contributed by atoms with Crippen LogP contribution in [0.15, 0.2) is 22.8 Å². The Labute approximate surface area is 126 Å². The van der Waals surface area contributed by atoms with E-state index in [1.165, 1.54) is 18.4 Å². The molecule has 5 aliphatic carbocycles. The Kier molecular flexibility index (Phi) is 2.23. The lowest BCUT2D eigenvalue weighted by atomic mass is 9.54. The molecule has 2 heteroatoms. The van der Waals surface area contributed by atoms with Crippen molar-refractivity contribution in [3.05, 3.63) is 22.8 Å². The van der Waals surface area contributed by atoms with Crippen LogP contribution in [0.3, 0.4) is 0 Å². The van der Waals surface area contributed by atoms with Crippen molar-refractivity contribution >= 4 is 5.78 Å². The average molecular weight is 284 g/mol. The van der Waals surface area contributed by atoms with Crippen molar-refractivity contribution in [2.75, 3.05) is 0 Å². The maximum atomic E-state index is 11.7. The predicted molar refractivity (Wildman–Crippen MR) is 80.6 cm³/mol. The number of hydrogen-bond acceptors (Lipinski definition) is 2. The summed E-state index contributed by atoms with van der Waals surface area (Å²) in [7, 11) is 0. The first-order chi connectivity index (χ1) is 10.1. The maximum Gasteiger partial charge on any atom is 0.156 e. The highest BCUT2D eigenvalue weighted by Gasteiger charge is 2.76. The van der Waals surface area contributed by atoms with Crippen molar-refractivity contribution in [3.63, 3.8) is 0 Å². The molecule has 0 aromatic heterocycles. The highest BCUT2D eigenvalue weighted by molar-refractivity contribution is 5.93. The number of aliphatic hydroxyl groups excluding tert-OH is 1. The molecule has 21 heavy (non-hydrogen) atoms. The minimum Gasteiger partial charge on any atom is -0.393 e. The molecule has 0 aromatic rings. The summed E-state index contributed by atoms with van der Waals surface area (Å²) in [5, 5.41) is 10.6. The molecular formula is C19H24O2. The second-order valence-electron chi connectivity index (χ2n) is 8.34. The third kappa shape index (κ3) is 1.32. The van der Waals surface area contributed by atoms with Gasteiger partial charge in [0, 0.05) is 11.8 Å². The molecule has 0 unspecified atom stereocenters. The average Bonchev–Trinajstić information content (AvgIpc) is 3.12. The summed E-state index contributed by atoms with van der Waals surface area (Å²) in [5.41, 5.74) is 5.18. The molecule has 0 aromatic carbocycles. The summed E-state index contributed by atoms with van der Waals surface area (Å²) < 4.78 is 0. The molecule has 5 atom stereocenters. The van der Waals surface area contributed by atoms with Crippen LogP contribution in [0.2, 0.25) is 0 Å². The van der Waals surface area contributed by atoms with Gasteiger partial charge in [-0.3, -0.25) is 4.79 Å². The molecular weight excluding hydrogens is 260 g/mol. The number of hydrogen-bond donors (Lipinski definition) is 1. The minimum absolute atomic E-state index is 0.0762. The number of ketones is 1. The molecule has 2 nitrogen and oxygen atoms in total. The standard InChI is InChI=1S/C19H24O2/c1-18-7-6-15-14-4-3-13(20)8-11(14)2-5-16(15)19(18)10-12(19)9-17(18)21/h8,12,16-17,21H,2-7,9-10H2,1H3/t12-,16+,17-,18+,19+/m0/s1. The fourth-order valence-electron chi connectivity index (χ4n) is 6.73. The van der Waals surface area contributed by atoms with E-state index in [1.54, 1.807) is 11.1 Å². The quantitative estimate of drug-likeness (QED) is 0.738. The molecule has 5 aliphatic rings. The summed E-state index contributed by atoms with van der Waals surface area (Å²) in [6.45, 7) is 2.36. The molecule has 0 radical (unpaired) electrons. The van der Waals surface area contributed by atoms with Crippen LogP contribution in [-0.2, 0) is 4.79 Å². The highest BCUT2D eigenvalue weighted by Crippen LogP contribution is 2.81. The topological polar surface area (TPSA) is 37.3 Å². The number of carbonyl (C=O) groups is 1. The lowest BCUT2D eigenvalue weighted by Crippen LogP contribution is -2.45. The summed E-state index contributed by atoms with van der Waals surface area (Å²) in [4.78, 5) is 11.7. The van der Waals surface area contributed by atoms with E-state index in [2.05, 4.69) is 6.92 Å². The third-order valence-electron chi connectivity index (χ3n) is 7.85. The Morgan fingerprint density at radius 1 is 1.24 bits per heavy atom. The van der Waals surface area contributed by atoms with Gasteiger partial charge in [0.1, 0.15) is 0 Å². The van der Waals surface area contributed by atoms with Crippen molar-refractivity contribution < 1.29 is 9.90 Å². The molecule has 3 fully saturated rings. The van der Waals surface area contributed by atoms with E-state index in [-0.39, 0.29) is 11.5 Å². The number of carbonyl (C=O) groups excluding carboxylic acids is 1. The van der Waals surface area contributed by atoms with Gasteiger partial charge in [-0.15, -0.1) is 0 Å². The van der Waals surface area contributed by atoms with E-state index in [1.807, 2.05) is 6.08 Å². The van der Waals surface area contributed by atoms with Crippen LogP contribution < -0.4 is 0 Å². The van der Waals surface area contributed by atoms with Gasteiger partial charge in [-0.2, -0.15) is 0 Å². The normalized spacial score (nSPS) is 50.9. The molecule has 1 N–H and O–H groups in total. The fraction of sp³-hybridized carbons (Fsp3) is 0.737. The molecule has 0 amide bonds. The van der Waals surface area contributed by atoms with E-state index < -0.39 is 0 Å². The van der Waals surface area contributed by atoms with E-state index in [0.717, 1.165) is 38.0 Å². The molecule has 0 bridgehead atoms. The van der Waals surface area contributed by atoms with Gasteiger partial charge >= 0.3 is 0 Å². The molecule has 5 rings (SSSR count). The van der Waals surface area contributed by atoms with Gasteiger partial charge in [0.25, 0.3) is 0 Å². The van der Waals surface area contributed by atoms with Crippen LogP contribution in [0.4, 0.5) is 0 Å². The molecule has 0 aliphatic heterocycles. The van der Waals surface area contributed by atoms with E-state index in [9.17, 15) is 9.90 Å². The van der Waals surface area contributed by atoms with Crippen molar-refractivity contribution in [1.82, 2.24) is 0 Å². The van der Waals surface area contributed by atoms with Gasteiger partial charge in [0.05, 0.1) is 6.10 Å². The Bertz CT molecular complexity index is 613. The van der Waals surface area contributed by atoms with Crippen molar-refractivity contribution in [3.8, 4) is 0 Å². The molecule has 0 saturated heterocycles. The smallest absolute Gasteiger partial charge is 0.156 e. The van der Waals surface area contributed by atoms with Gasteiger partial charge < -0.3 is 5.11 Å². The van der Waals surface area contributed by atoms with Gasteiger partial charge in [0.15, 0.2) is 5.78 Å². The summed E-state index contributed by atoms with van der Waals surface area (Å²) in [6.07, 6.45) is 10.6. The zero-order chi connectivity index (χ0) is 14.4. The van der Waals surface area contributed by atoms with Gasteiger partial charge in [-0.1, -0.05) is 12.5 Å². The molecule has 112 valence electrons. The number of rotatable bonds is 0. The fourth-order valence-corrected chi connectivity index (χ4v) is 6.73. The van der Waals surface area contributed by atoms with E-state index in [4.69, 9.17) is 0 Å². The maximum absolute atomic E-state index is 11.7. The predicted octanol–water partition coefficient (Wildman–Crippen LogP) is 3.55. The van der Waals surface area contributed by atoms with Crippen LogP contribution in [0.1, 0.15) is 58.3 Å². The van der Waals surface area contributed by atoms with Crippen molar-refractivity contribution in [1.29, 1.82) is 0 Å². The second-order valence-corrected chi connectivity index (χ2v) is 8.34. The van der Waals surface area contributed by atoms with Crippen LogP contribution in [0.25, 0.3) is 0 Å². The Balaban J connectivity index is 1.63. The van der Waals surface area contributed by atoms with Crippen molar-refractivity contribution in [2.45, 2.75) is 64.4 Å². The third-order valence-corrected chi connectivity index (χ3v) is 7.85. The highest BCUT2D eigenvalue weighted by atomic mass is 16.3. The van der Waals surface area contributed by atoms with Crippen LogP contribution >= 0.6 is 0 Å². The molecule has 1 spiro atoms. The molecule has 0 heterocycles. The number of allylic oxidation sites excluding steroid dienone is 4. The summed E-state index contributed by atoms with van der Waals surface area (Å²) >= 11 is 0. The summed E-state index contributed by atoms with van der Waals surface area (Å²) in [5.74, 6) is 1.81. The SMILES string of the molecule is C[C@]12CCC3=C4CCC(=O)C=C4CC[C@H]3[C@]13C[C@@H]3C[C@@H]2O. The Hall–Kier alpha value is -0.890. The lowest BCUT2D eigenvalue weighted by Gasteiger charge is -2.51. The van der Waals surface area contributed by atoms with E-state index >= 15 is 0 Å². The Morgan fingerprint density at radius 2 is 2.10 bits per heavy atom. The second kappa shape index (κ2) is 3.71.